The third-order valence-electron chi connectivity index (χ3n) is 12.1. The zero-order valence-corrected chi connectivity index (χ0v) is 25.3. The van der Waals surface area contributed by atoms with Gasteiger partial charge >= 0.3 is 5.97 Å². The van der Waals surface area contributed by atoms with Gasteiger partial charge in [-0.2, -0.15) is 0 Å². The van der Waals surface area contributed by atoms with Gasteiger partial charge in [-0.05, 0) is 117 Å². The van der Waals surface area contributed by atoms with Gasteiger partial charge in [-0.3, -0.25) is 14.4 Å². The van der Waals surface area contributed by atoms with Crippen molar-refractivity contribution in [2.45, 2.75) is 131 Å². The van der Waals surface area contributed by atoms with Gasteiger partial charge in [0.1, 0.15) is 17.7 Å². The number of carbonyl (C=O) groups excluding carboxylic acids is 3. The van der Waals surface area contributed by atoms with Crippen LogP contribution in [0.15, 0.2) is 0 Å². The molecule has 4 fully saturated rings. The molecule has 4 saturated carbocycles. The molecule has 0 aromatic rings. The average Bonchev–Trinajstić information content (AvgIpc) is 3.19. The van der Waals surface area contributed by atoms with E-state index in [-0.39, 0.29) is 41.5 Å². The van der Waals surface area contributed by atoms with Crippen LogP contribution in [0.4, 0.5) is 0 Å². The quantitative estimate of drug-likeness (QED) is 0.334. The lowest BCUT2D eigenvalue weighted by molar-refractivity contribution is -0.169. The van der Waals surface area contributed by atoms with Crippen molar-refractivity contribution in [3.8, 4) is 0 Å². The number of hydrogen-bond donors (Lipinski definition) is 1. The number of esters is 1. The van der Waals surface area contributed by atoms with Gasteiger partial charge in [0.05, 0.1) is 12.0 Å². The Kier molecular flexibility index (Phi) is 8.87. The van der Waals surface area contributed by atoms with E-state index in [2.05, 4.69) is 27.7 Å². The highest BCUT2D eigenvalue weighted by Gasteiger charge is 2.61. The normalized spacial score (nSPS) is 40.2. The minimum absolute atomic E-state index is 0.0212. The average molecular weight is 530 g/mol. The van der Waals surface area contributed by atoms with Crippen molar-refractivity contribution in [1.82, 2.24) is 0 Å². The molecule has 0 radical (unpaired) electrons. The topological polar surface area (TPSA) is 86.5 Å². The first-order valence-corrected chi connectivity index (χ1v) is 15.8. The van der Waals surface area contributed by atoms with Crippen LogP contribution in [0.1, 0.15) is 119 Å². The molecule has 2 N–H and O–H groups in total. The highest BCUT2D eigenvalue weighted by Crippen LogP contribution is 2.67. The van der Waals surface area contributed by atoms with Gasteiger partial charge < -0.3 is 10.5 Å². The molecule has 216 valence electrons. The summed E-state index contributed by atoms with van der Waals surface area (Å²) in [4.78, 5) is 38.5. The number of nitrogens with two attached hydrogens (primary N) is 1. The van der Waals surface area contributed by atoms with Crippen LogP contribution < -0.4 is 5.73 Å². The van der Waals surface area contributed by atoms with E-state index in [1.54, 1.807) is 0 Å². The molecular formula is C33H55NO4. The minimum atomic E-state index is -0.502. The fraction of sp³-hybridized carbons (Fsp3) is 0.909. The first-order chi connectivity index (χ1) is 17.8. The third-order valence-corrected chi connectivity index (χ3v) is 12.1. The van der Waals surface area contributed by atoms with Gasteiger partial charge in [0.15, 0.2) is 0 Å². The van der Waals surface area contributed by atoms with Gasteiger partial charge in [-0.15, -0.1) is 0 Å². The lowest BCUT2D eigenvalue weighted by Crippen LogP contribution is -2.54. The maximum atomic E-state index is 13.3. The van der Waals surface area contributed by atoms with Crippen LogP contribution in [0, 0.1) is 58.2 Å². The Morgan fingerprint density at radius 3 is 2.18 bits per heavy atom. The Balaban J connectivity index is 1.38. The molecule has 0 amide bonds. The van der Waals surface area contributed by atoms with Crippen molar-refractivity contribution in [3.05, 3.63) is 0 Å². The second kappa shape index (κ2) is 11.3. The highest BCUT2D eigenvalue weighted by molar-refractivity contribution is 5.88. The molecule has 4 aliphatic rings. The van der Waals surface area contributed by atoms with E-state index in [1.807, 2.05) is 20.8 Å². The van der Waals surface area contributed by atoms with E-state index in [0.717, 1.165) is 37.5 Å². The molecule has 0 bridgehead atoms. The molecule has 0 aliphatic heterocycles. The molecule has 0 aromatic carbocycles. The number of hydrogen-bond acceptors (Lipinski definition) is 5. The molecule has 10 atom stereocenters. The predicted molar refractivity (Wildman–Crippen MR) is 151 cm³/mol. The Morgan fingerprint density at radius 1 is 0.895 bits per heavy atom. The van der Waals surface area contributed by atoms with Crippen molar-refractivity contribution in [2.24, 2.45) is 63.9 Å². The number of ether oxygens (including phenoxy) is 1. The van der Waals surface area contributed by atoms with E-state index in [9.17, 15) is 14.4 Å². The zero-order chi connectivity index (χ0) is 28.0. The van der Waals surface area contributed by atoms with Crippen LogP contribution in [-0.2, 0) is 19.1 Å². The fourth-order valence-electron chi connectivity index (χ4n) is 9.84. The fourth-order valence-corrected chi connectivity index (χ4v) is 9.84. The molecule has 5 nitrogen and oxygen atoms in total. The lowest BCUT2D eigenvalue weighted by atomic mass is 9.44. The molecule has 0 heterocycles. The summed E-state index contributed by atoms with van der Waals surface area (Å²) < 4.78 is 6.16. The Morgan fingerprint density at radius 2 is 1.55 bits per heavy atom. The van der Waals surface area contributed by atoms with Crippen LogP contribution in [0.5, 0.6) is 0 Å². The number of carbonyl (C=O) groups is 3. The number of Topliss-reactive ketones (excluding diaryl/α,β-unsaturated/α-hetero) is 2. The zero-order valence-electron chi connectivity index (χ0n) is 25.3. The van der Waals surface area contributed by atoms with Crippen LogP contribution in [-0.4, -0.2) is 29.7 Å². The second-order valence-electron chi connectivity index (χ2n) is 15.0. The van der Waals surface area contributed by atoms with Crippen molar-refractivity contribution in [1.29, 1.82) is 0 Å². The second-order valence-corrected chi connectivity index (χ2v) is 15.0. The minimum Gasteiger partial charge on any atom is -0.462 e. The van der Waals surface area contributed by atoms with Crippen LogP contribution >= 0.6 is 0 Å². The first-order valence-electron chi connectivity index (χ1n) is 15.8. The van der Waals surface area contributed by atoms with Crippen molar-refractivity contribution < 1.29 is 19.1 Å². The summed E-state index contributed by atoms with van der Waals surface area (Å²) in [6.45, 7) is 14.9. The Bertz CT molecular complexity index is 897. The Hall–Kier alpha value is -1.23. The van der Waals surface area contributed by atoms with Gasteiger partial charge in [0.25, 0.3) is 0 Å². The molecule has 0 spiro atoms. The SMILES string of the molecule is CC(=O)C1CC[C@H]2[C@@H]3CC[C@H]4C[C@H](OC(=O)[C@@H](CC(=O)[C@@H](N)CC(C)C)C(C)C)CC[C@]4(C)[C@H]3CC[C@]12C. The predicted octanol–water partition coefficient (Wildman–Crippen LogP) is 6.75. The first kappa shape index (κ1) is 29.7. The molecule has 0 saturated heterocycles. The summed E-state index contributed by atoms with van der Waals surface area (Å²) in [6, 6.07) is -0.502. The summed E-state index contributed by atoms with van der Waals surface area (Å²) >= 11 is 0. The highest BCUT2D eigenvalue weighted by atomic mass is 16.5. The molecule has 4 aliphatic carbocycles. The Labute approximate surface area is 231 Å². The van der Waals surface area contributed by atoms with Crippen molar-refractivity contribution in [3.63, 3.8) is 0 Å². The van der Waals surface area contributed by atoms with E-state index in [4.69, 9.17) is 10.5 Å². The number of fused-ring (bicyclic) bond motifs is 5. The van der Waals surface area contributed by atoms with Gasteiger partial charge in [-0.1, -0.05) is 41.5 Å². The summed E-state index contributed by atoms with van der Waals surface area (Å²) in [7, 11) is 0. The largest absolute Gasteiger partial charge is 0.462 e. The maximum absolute atomic E-state index is 13.3. The van der Waals surface area contributed by atoms with E-state index in [0.29, 0.717) is 35.4 Å². The van der Waals surface area contributed by atoms with Crippen molar-refractivity contribution >= 4 is 17.5 Å². The number of ketones is 2. The molecule has 0 aromatic heterocycles. The van der Waals surface area contributed by atoms with Gasteiger partial charge in [-0.25, -0.2) is 0 Å². The summed E-state index contributed by atoms with van der Waals surface area (Å²) in [6.07, 6.45) is 11.0. The van der Waals surface area contributed by atoms with E-state index < -0.39 is 12.0 Å². The van der Waals surface area contributed by atoms with Crippen molar-refractivity contribution in [2.75, 3.05) is 0 Å². The van der Waals surface area contributed by atoms with Gasteiger partial charge in [0, 0.05) is 12.3 Å². The van der Waals surface area contributed by atoms with Crippen LogP contribution in [0.3, 0.4) is 0 Å². The van der Waals surface area contributed by atoms with Crippen LogP contribution in [0.25, 0.3) is 0 Å². The monoisotopic (exact) mass is 529 g/mol. The smallest absolute Gasteiger partial charge is 0.309 e. The third kappa shape index (κ3) is 5.52. The van der Waals surface area contributed by atoms with Crippen LogP contribution in [0.2, 0.25) is 0 Å². The number of rotatable bonds is 9. The summed E-state index contributed by atoms with van der Waals surface area (Å²) in [5.74, 6) is 3.16. The maximum Gasteiger partial charge on any atom is 0.309 e. The standard InChI is InChI=1S/C33H55NO4/c1-19(2)16-29(34)30(36)18-25(20(3)4)31(37)38-23-12-14-32(6)22(17-23)8-9-24-27-11-10-26(21(5)35)33(27,7)15-13-28(24)32/h19-20,22-29H,8-18,34H2,1-7H3/t22-,23+,24-,25-,26?,27-,28-,29-,32-,33+/m0/s1. The summed E-state index contributed by atoms with van der Waals surface area (Å²) in [5, 5.41) is 0. The lowest BCUT2D eigenvalue weighted by Gasteiger charge is -2.61. The van der Waals surface area contributed by atoms with E-state index >= 15 is 0 Å². The molecule has 5 heteroatoms. The van der Waals surface area contributed by atoms with Gasteiger partial charge in [0.2, 0.25) is 0 Å². The molecule has 1 unspecified atom stereocenters. The summed E-state index contributed by atoms with van der Waals surface area (Å²) in [5.41, 5.74) is 6.64. The van der Waals surface area contributed by atoms with E-state index in [1.165, 1.54) is 32.1 Å². The molecule has 38 heavy (non-hydrogen) atoms. The molecular weight excluding hydrogens is 474 g/mol. The molecule has 4 rings (SSSR count).